The van der Waals surface area contributed by atoms with Crippen molar-refractivity contribution in [1.82, 2.24) is 14.4 Å². The van der Waals surface area contributed by atoms with Gasteiger partial charge >= 0.3 is 5.51 Å². The Morgan fingerprint density at radius 3 is 2.06 bits per heavy atom. The van der Waals surface area contributed by atoms with Crippen molar-refractivity contribution >= 4 is 80.6 Å². The molecule has 6 aromatic rings. The molecule has 2 unspecified atom stereocenters. The first-order valence-electron chi connectivity index (χ1n) is 24.1. The van der Waals surface area contributed by atoms with E-state index in [0.29, 0.717) is 52.2 Å². The quantitative estimate of drug-likeness (QED) is 0.0466. The van der Waals surface area contributed by atoms with Crippen molar-refractivity contribution in [3.05, 3.63) is 132 Å². The van der Waals surface area contributed by atoms with E-state index in [0.717, 1.165) is 95.9 Å². The Hall–Kier alpha value is -4.29. The largest absolute Gasteiger partial charge is 0.446 e. The van der Waals surface area contributed by atoms with Crippen LogP contribution >= 0.6 is 47.1 Å². The van der Waals surface area contributed by atoms with Crippen LogP contribution in [0.4, 0.5) is 40.3 Å². The van der Waals surface area contributed by atoms with Crippen LogP contribution in [0.2, 0.25) is 5.02 Å². The molecule has 8 rings (SSSR count). The summed E-state index contributed by atoms with van der Waals surface area (Å²) < 4.78 is 76.9. The molecule has 2 atom stereocenters. The van der Waals surface area contributed by atoms with Crippen LogP contribution in [-0.2, 0) is 10.8 Å². The standard InChI is InChI=1S/C54H62ClF4N7OS4/c1-6-62-24-26-63(27-25-62)23-22-44(36-68-47-10-8-7-9-11-47)60-49-21-20-48(35-50(49)69-54(57,58)59)70-61-43-16-18-45(19-17-43)64-28-30-65(31-29-64)46-33-40(32-42(56)34-46)51-52(39-12-14-41(55)15-13-39)66(37(2)3)38(4)53(51)71(5)67/h7-21,32-35,37,44,60-61H,6,22-31,36H2,1-5H3. The zero-order chi connectivity index (χ0) is 50.2. The van der Waals surface area contributed by atoms with Crippen molar-refractivity contribution in [3.8, 4) is 22.4 Å². The molecule has 0 spiro atoms. The zero-order valence-electron chi connectivity index (χ0n) is 40.8. The van der Waals surface area contributed by atoms with Gasteiger partial charge in [0.05, 0.1) is 21.4 Å². The summed E-state index contributed by atoms with van der Waals surface area (Å²) in [5, 5.41) is 4.15. The van der Waals surface area contributed by atoms with Crippen molar-refractivity contribution in [2.75, 3.05) is 97.3 Å². The predicted octanol–water partition coefficient (Wildman–Crippen LogP) is 13.9. The topological polar surface area (TPSA) is 59.0 Å². The molecule has 8 nitrogen and oxygen atoms in total. The van der Waals surface area contributed by atoms with Crippen LogP contribution in [0.5, 0.6) is 0 Å². The third kappa shape index (κ3) is 13.9. The normalized spacial score (nSPS) is 15.9. The minimum absolute atomic E-state index is 0.0415. The van der Waals surface area contributed by atoms with Crippen molar-refractivity contribution in [2.24, 2.45) is 0 Å². The molecule has 2 aliphatic rings. The fourth-order valence-corrected chi connectivity index (χ4v) is 13.1. The third-order valence-electron chi connectivity index (χ3n) is 13.1. The number of anilines is 4. The number of rotatable bonds is 19. The fraction of sp³-hybridized carbons (Fsp3) is 0.370. The summed E-state index contributed by atoms with van der Waals surface area (Å²) in [7, 11) is -1.35. The Balaban J connectivity index is 0.917. The van der Waals surface area contributed by atoms with Crippen LogP contribution in [0.1, 0.15) is 38.9 Å². The van der Waals surface area contributed by atoms with Crippen molar-refractivity contribution in [2.45, 2.75) is 71.3 Å². The molecule has 0 amide bonds. The van der Waals surface area contributed by atoms with Crippen LogP contribution in [0.3, 0.4) is 0 Å². The molecule has 3 heterocycles. The smallest absolute Gasteiger partial charge is 0.381 e. The minimum atomic E-state index is -4.45. The molecule has 17 heteroatoms. The number of aromatic nitrogens is 1. The average molecular weight is 1060 g/mol. The van der Waals surface area contributed by atoms with E-state index < -0.39 is 16.3 Å². The molecule has 71 heavy (non-hydrogen) atoms. The monoisotopic (exact) mass is 1060 g/mol. The van der Waals surface area contributed by atoms with Crippen LogP contribution in [0.15, 0.2) is 135 Å². The van der Waals surface area contributed by atoms with Crippen molar-refractivity contribution < 1.29 is 21.8 Å². The summed E-state index contributed by atoms with van der Waals surface area (Å²) in [5.74, 6) is 0.358. The molecule has 1 aromatic heterocycles. The number of nitrogens with one attached hydrogen (secondary N) is 2. The maximum atomic E-state index is 15.7. The van der Waals surface area contributed by atoms with E-state index in [9.17, 15) is 17.4 Å². The summed E-state index contributed by atoms with van der Waals surface area (Å²) in [4.78, 5) is 12.0. The Morgan fingerprint density at radius 1 is 0.761 bits per heavy atom. The summed E-state index contributed by atoms with van der Waals surface area (Å²) >= 11 is 9.21. The summed E-state index contributed by atoms with van der Waals surface area (Å²) in [6.07, 6.45) is 2.49. The molecule has 5 aromatic carbocycles. The van der Waals surface area contributed by atoms with E-state index in [1.165, 1.54) is 18.0 Å². The van der Waals surface area contributed by atoms with Gasteiger partial charge < -0.3 is 34.2 Å². The SMILES string of the molecule is CCN1CCN(CCC(CSc2ccccc2)Nc2ccc(SNc3ccc(N4CCN(c5cc(F)cc(-c6c(S(C)=O)c(C)n(C(C)C)c6-c6ccc(Cl)cc6)c5)CC4)cc3)cc2SC(F)(F)F)CC1. The molecule has 2 fully saturated rings. The van der Waals surface area contributed by atoms with Crippen molar-refractivity contribution in [3.63, 3.8) is 0 Å². The average Bonchev–Trinajstić information content (AvgIpc) is 3.68. The highest BCUT2D eigenvalue weighted by Crippen LogP contribution is 2.45. The number of alkyl halides is 3. The number of hydrogen-bond donors (Lipinski definition) is 2. The Kier molecular flexibility index (Phi) is 18.0. The highest BCUT2D eigenvalue weighted by atomic mass is 35.5. The molecule has 2 aliphatic heterocycles. The molecule has 0 saturated carbocycles. The van der Waals surface area contributed by atoms with Crippen molar-refractivity contribution in [1.29, 1.82) is 0 Å². The van der Waals surface area contributed by atoms with E-state index in [2.05, 4.69) is 67.1 Å². The van der Waals surface area contributed by atoms with Gasteiger partial charge in [-0.05, 0) is 154 Å². The van der Waals surface area contributed by atoms with Crippen LogP contribution in [0, 0.1) is 12.7 Å². The van der Waals surface area contributed by atoms with Gasteiger partial charge in [0.1, 0.15) is 5.82 Å². The Morgan fingerprint density at radius 2 is 1.42 bits per heavy atom. The lowest BCUT2D eigenvalue weighted by molar-refractivity contribution is -0.0328. The van der Waals surface area contributed by atoms with Gasteiger partial charge in [-0.2, -0.15) is 13.2 Å². The second-order valence-corrected chi connectivity index (χ2v) is 23.1. The van der Waals surface area contributed by atoms with E-state index in [1.54, 1.807) is 36.2 Å². The first-order valence-corrected chi connectivity index (χ1v) is 28.6. The van der Waals surface area contributed by atoms with Gasteiger partial charge in [-0.15, -0.1) is 11.8 Å². The van der Waals surface area contributed by atoms with Crippen LogP contribution < -0.4 is 19.8 Å². The molecule has 0 bridgehead atoms. The minimum Gasteiger partial charge on any atom is -0.381 e. The van der Waals surface area contributed by atoms with Crippen LogP contribution in [-0.4, -0.2) is 108 Å². The number of likely N-dealkylation sites (N-methyl/N-ethyl adjacent to an activating group) is 1. The van der Waals surface area contributed by atoms with E-state index in [1.807, 2.05) is 85.8 Å². The predicted molar refractivity (Wildman–Crippen MR) is 294 cm³/mol. The number of benzene rings is 5. The molecular weight excluding hydrogens is 1000 g/mol. The first kappa shape index (κ1) is 53.0. The number of thioether (sulfide) groups is 2. The fourth-order valence-electron chi connectivity index (χ4n) is 9.52. The molecular formula is C54H62ClF4N7OS4. The maximum absolute atomic E-state index is 15.7. The molecule has 0 radical (unpaired) electrons. The number of hydrogen-bond acceptors (Lipinski definition) is 10. The molecule has 0 aliphatic carbocycles. The Labute approximate surface area is 436 Å². The maximum Gasteiger partial charge on any atom is 0.446 e. The second kappa shape index (κ2) is 24.2. The lowest BCUT2D eigenvalue weighted by Crippen LogP contribution is -2.47. The summed E-state index contributed by atoms with van der Waals surface area (Å²) in [6, 6.07) is 36.2. The summed E-state index contributed by atoms with van der Waals surface area (Å²) in [6.45, 7) is 17.1. The number of piperazine rings is 2. The van der Waals surface area contributed by atoms with Gasteiger partial charge in [-0.3, -0.25) is 4.21 Å². The second-order valence-electron chi connectivity index (χ2n) is 18.2. The van der Waals surface area contributed by atoms with Gasteiger partial charge in [-0.1, -0.05) is 48.9 Å². The molecule has 2 N–H and O–H groups in total. The molecule has 378 valence electrons. The lowest BCUT2D eigenvalue weighted by atomic mass is 9.99. The van der Waals surface area contributed by atoms with Gasteiger partial charge in [0.2, 0.25) is 0 Å². The number of nitrogens with zero attached hydrogens (tertiary/aromatic N) is 5. The van der Waals surface area contributed by atoms with Gasteiger partial charge in [-0.25, -0.2) is 4.39 Å². The lowest BCUT2D eigenvalue weighted by Gasteiger charge is -2.37. The van der Waals surface area contributed by atoms with E-state index >= 15 is 4.39 Å². The van der Waals surface area contributed by atoms with Gasteiger partial charge in [0, 0.05) is 137 Å². The Bertz CT molecular complexity index is 2730. The summed E-state index contributed by atoms with van der Waals surface area (Å²) in [5.41, 5.74) is 2.77. The van der Waals surface area contributed by atoms with E-state index in [-0.39, 0.29) is 34.6 Å². The van der Waals surface area contributed by atoms with E-state index in [4.69, 9.17) is 11.6 Å². The van der Waals surface area contributed by atoms with Crippen LogP contribution in [0.25, 0.3) is 22.4 Å². The first-order chi connectivity index (χ1) is 34.1. The van der Waals surface area contributed by atoms with Gasteiger partial charge in [0.25, 0.3) is 0 Å². The number of halogens is 5. The molecule has 2 saturated heterocycles. The zero-order valence-corrected chi connectivity index (χ0v) is 44.8. The highest BCUT2D eigenvalue weighted by molar-refractivity contribution is 8.01. The van der Waals surface area contributed by atoms with Gasteiger partial charge in [0.15, 0.2) is 0 Å². The third-order valence-corrected chi connectivity index (χ3v) is 17.2. The highest BCUT2D eigenvalue weighted by Gasteiger charge is 2.32.